The molecule has 2 aromatic rings. The molecule has 1 amide bonds. The van der Waals surface area contributed by atoms with Crippen LogP contribution in [0.4, 0.5) is 5.69 Å². The van der Waals surface area contributed by atoms with Gasteiger partial charge in [0.2, 0.25) is 5.91 Å². The van der Waals surface area contributed by atoms with Gasteiger partial charge in [-0.3, -0.25) is 4.79 Å². The number of hydrogen-bond donors (Lipinski definition) is 0. The van der Waals surface area contributed by atoms with Gasteiger partial charge in [0.05, 0.1) is 5.71 Å². The van der Waals surface area contributed by atoms with E-state index in [0.717, 1.165) is 22.8 Å². The number of hydrogen-bond acceptors (Lipinski definition) is 4. The highest BCUT2D eigenvalue weighted by molar-refractivity contribution is 6.00. The van der Waals surface area contributed by atoms with Crippen LogP contribution >= 0.6 is 0 Å². The molecule has 20 heavy (non-hydrogen) atoms. The number of nitrogens with zero attached hydrogens (tertiary/aromatic N) is 5. The van der Waals surface area contributed by atoms with Gasteiger partial charge < -0.3 is 4.90 Å². The zero-order valence-electron chi connectivity index (χ0n) is 12.0. The summed E-state index contributed by atoms with van der Waals surface area (Å²) in [4.78, 5) is 13.0. The second-order valence-electron chi connectivity index (χ2n) is 4.54. The van der Waals surface area contributed by atoms with E-state index in [4.69, 9.17) is 0 Å². The molecule has 0 aliphatic rings. The molecule has 1 aromatic carbocycles. The van der Waals surface area contributed by atoms with E-state index in [1.165, 1.54) is 6.92 Å². The zero-order chi connectivity index (χ0) is 14.7. The van der Waals surface area contributed by atoms with Gasteiger partial charge >= 0.3 is 0 Å². The quantitative estimate of drug-likeness (QED) is 0.800. The van der Waals surface area contributed by atoms with Crippen molar-refractivity contribution in [2.24, 2.45) is 5.10 Å². The lowest BCUT2D eigenvalue weighted by molar-refractivity contribution is -0.116. The lowest BCUT2D eigenvalue weighted by Gasteiger charge is -2.15. The standard InChI is InChI=1S/C14H17N5O/c1-10(17-19-9-15-16-11(19)2)13-6-5-7-14(8-13)18(4)12(3)20/h5-9H,1-4H3/b17-10+. The van der Waals surface area contributed by atoms with E-state index in [1.807, 2.05) is 38.1 Å². The van der Waals surface area contributed by atoms with E-state index < -0.39 is 0 Å². The van der Waals surface area contributed by atoms with E-state index in [-0.39, 0.29) is 5.91 Å². The number of aryl methyl sites for hydroxylation is 1. The Morgan fingerprint density at radius 3 is 2.70 bits per heavy atom. The lowest BCUT2D eigenvalue weighted by atomic mass is 10.1. The molecule has 0 aliphatic carbocycles. The third kappa shape index (κ3) is 2.90. The molecular formula is C14H17N5O. The van der Waals surface area contributed by atoms with E-state index in [9.17, 15) is 4.79 Å². The summed E-state index contributed by atoms with van der Waals surface area (Å²) < 4.78 is 1.62. The molecule has 104 valence electrons. The van der Waals surface area contributed by atoms with Crippen molar-refractivity contribution in [2.75, 3.05) is 11.9 Å². The van der Waals surface area contributed by atoms with E-state index in [1.54, 1.807) is 23.0 Å². The Morgan fingerprint density at radius 2 is 2.10 bits per heavy atom. The van der Waals surface area contributed by atoms with Crippen LogP contribution in [0.2, 0.25) is 0 Å². The number of benzene rings is 1. The number of carbonyl (C=O) groups excluding carboxylic acids is 1. The minimum Gasteiger partial charge on any atom is -0.316 e. The smallest absolute Gasteiger partial charge is 0.223 e. The van der Waals surface area contributed by atoms with Crippen molar-refractivity contribution in [3.05, 3.63) is 42.0 Å². The first kappa shape index (κ1) is 13.9. The van der Waals surface area contributed by atoms with E-state index >= 15 is 0 Å². The van der Waals surface area contributed by atoms with Crippen LogP contribution in [-0.4, -0.2) is 33.5 Å². The molecule has 0 saturated heterocycles. The molecular weight excluding hydrogens is 254 g/mol. The van der Waals surface area contributed by atoms with Crippen molar-refractivity contribution in [3.8, 4) is 0 Å². The Balaban J connectivity index is 2.34. The summed E-state index contributed by atoms with van der Waals surface area (Å²) in [6, 6.07) is 7.68. The average Bonchev–Trinajstić information content (AvgIpc) is 2.83. The molecule has 0 saturated carbocycles. The lowest BCUT2D eigenvalue weighted by Crippen LogP contribution is -2.22. The van der Waals surface area contributed by atoms with Crippen LogP contribution in [0.1, 0.15) is 25.2 Å². The maximum atomic E-state index is 11.4. The van der Waals surface area contributed by atoms with Crippen LogP contribution in [0.15, 0.2) is 35.7 Å². The highest BCUT2D eigenvalue weighted by Gasteiger charge is 2.07. The van der Waals surface area contributed by atoms with Gasteiger partial charge in [-0.1, -0.05) is 12.1 Å². The molecule has 0 unspecified atom stereocenters. The molecule has 1 heterocycles. The molecule has 0 spiro atoms. The second-order valence-corrected chi connectivity index (χ2v) is 4.54. The summed E-state index contributed by atoms with van der Waals surface area (Å²) in [7, 11) is 1.75. The molecule has 6 heteroatoms. The minimum atomic E-state index is -0.00797. The third-order valence-electron chi connectivity index (χ3n) is 3.08. The fourth-order valence-electron chi connectivity index (χ4n) is 1.73. The Bertz CT molecular complexity index is 659. The van der Waals surface area contributed by atoms with Gasteiger partial charge in [-0.2, -0.15) is 5.10 Å². The number of amides is 1. The van der Waals surface area contributed by atoms with Crippen molar-refractivity contribution in [1.82, 2.24) is 14.9 Å². The van der Waals surface area contributed by atoms with Gasteiger partial charge in [0.1, 0.15) is 6.33 Å². The van der Waals surface area contributed by atoms with Gasteiger partial charge in [0, 0.05) is 19.7 Å². The van der Waals surface area contributed by atoms with Crippen molar-refractivity contribution < 1.29 is 4.79 Å². The fraction of sp³-hybridized carbons (Fsp3) is 0.286. The molecule has 2 rings (SSSR count). The molecule has 0 N–H and O–H groups in total. The molecule has 0 bridgehead atoms. The zero-order valence-corrected chi connectivity index (χ0v) is 12.0. The summed E-state index contributed by atoms with van der Waals surface area (Å²) >= 11 is 0. The predicted molar refractivity (Wildman–Crippen MR) is 77.9 cm³/mol. The van der Waals surface area contributed by atoms with E-state index in [2.05, 4.69) is 15.3 Å². The highest BCUT2D eigenvalue weighted by atomic mass is 16.2. The van der Waals surface area contributed by atoms with Gasteiger partial charge in [0.15, 0.2) is 5.82 Å². The first-order chi connectivity index (χ1) is 9.49. The Kier molecular flexibility index (Phi) is 3.93. The van der Waals surface area contributed by atoms with Crippen molar-refractivity contribution >= 4 is 17.3 Å². The Morgan fingerprint density at radius 1 is 1.35 bits per heavy atom. The van der Waals surface area contributed by atoms with Crippen molar-refractivity contribution in [3.63, 3.8) is 0 Å². The summed E-state index contributed by atoms with van der Waals surface area (Å²) in [6.45, 7) is 5.28. The Labute approximate surface area is 117 Å². The number of anilines is 1. The highest BCUT2D eigenvalue weighted by Crippen LogP contribution is 2.16. The third-order valence-corrected chi connectivity index (χ3v) is 3.08. The maximum absolute atomic E-state index is 11.4. The van der Waals surface area contributed by atoms with Gasteiger partial charge in [0.25, 0.3) is 0 Å². The summed E-state index contributed by atoms with van der Waals surface area (Å²) in [5, 5.41) is 12.1. The van der Waals surface area contributed by atoms with Crippen LogP contribution < -0.4 is 4.90 Å². The topological polar surface area (TPSA) is 63.4 Å². The normalized spacial score (nSPS) is 11.5. The van der Waals surface area contributed by atoms with Gasteiger partial charge in [-0.25, -0.2) is 4.68 Å². The van der Waals surface area contributed by atoms with Crippen LogP contribution in [0.25, 0.3) is 0 Å². The van der Waals surface area contributed by atoms with Crippen molar-refractivity contribution in [2.45, 2.75) is 20.8 Å². The molecule has 6 nitrogen and oxygen atoms in total. The number of rotatable bonds is 3. The summed E-state index contributed by atoms with van der Waals surface area (Å²) in [6.07, 6.45) is 1.56. The minimum absolute atomic E-state index is 0.00797. The summed E-state index contributed by atoms with van der Waals surface area (Å²) in [5.41, 5.74) is 2.61. The Hall–Kier alpha value is -2.50. The van der Waals surface area contributed by atoms with Gasteiger partial charge in [-0.15, -0.1) is 10.2 Å². The number of aromatic nitrogens is 3. The van der Waals surface area contributed by atoms with Crippen LogP contribution in [-0.2, 0) is 4.79 Å². The monoisotopic (exact) mass is 271 g/mol. The summed E-state index contributed by atoms with van der Waals surface area (Å²) in [5.74, 6) is 0.716. The van der Waals surface area contributed by atoms with Crippen molar-refractivity contribution in [1.29, 1.82) is 0 Å². The van der Waals surface area contributed by atoms with Crippen LogP contribution in [0, 0.1) is 6.92 Å². The molecule has 0 aliphatic heterocycles. The van der Waals surface area contributed by atoms with Gasteiger partial charge in [-0.05, 0) is 31.5 Å². The molecule has 0 atom stereocenters. The number of carbonyl (C=O) groups is 1. The predicted octanol–water partition coefficient (Wildman–Crippen LogP) is 1.84. The SMILES string of the molecule is CC(=O)N(C)c1cccc(/C(C)=N/n2cnnc2C)c1. The molecule has 1 aromatic heterocycles. The first-order valence-corrected chi connectivity index (χ1v) is 6.26. The first-order valence-electron chi connectivity index (χ1n) is 6.26. The maximum Gasteiger partial charge on any atom is 0.223 e. The van der Waals surface area contributed by atoms with Crippen LogP contribution in [0.5, 0.6) is 0 Å². The van der Waals surface area contributed by atoms with Crippen LogP contribution in [0.3, 0.4) is 0 Å². The molecule has 0 radical (unpaired) electrons. The molecule has 0 fully saturated rings. The fourth-order valence-corrected chi connectivity index (χ4v) is 1.73. The second kappa shape index (κ2) is 5.64. The average molecular weight is 271 g/mol. The largest absolute Gasteiger partial charge is 0.316 e. The van der Waals surface area contributed by atoms with E-state index in [0.29, 0.717) is 0 Å².